The van der Waals surface area contributed by atoms with E-state index in [1.165, 1.54) is 12.1 Å². The van der Waals surface area contributed by atoms with Gasteiger partial charge in [-0.2, -0.15) is 13.2 Å². The van der Waals surface area contributed by atoms with E-state index in [0.717, 1.165) is 13.2 Å². The van der Waals surface area contributed by atoms with Crippen molar-refractivity contribution < 1.29 is 31.2 Å². The molecule has 6 nitrogen and oxygen atoms in total. The molecule has 0 saturated heterocycles. The van der Waals surface area contributed by atoms with Crippen LogP contribution in [-0.4, -0.2) is 27.6 Å². The van der Waals surface area contributed by atoms with Crippen molar-refractivity contribution in [3.05, 3.63) is 23.8 Å². The molecule has 0 aliphatic carbocycles. The van der Waals surface area contributed by atoms with Crippen LogP contribution in [0.4, 0.5) is 18.9 Å². The summed E-state index contributed by atoms with van der Waals surface area (Å²) in [5, 5.41) is 1.69. The standard InChI is InChI=1S/C12H15F3N2O4S/c1-3-4-8-5-6-9(22(19,20)17-21-2)7-10(8)16-11(18)12(13,14)15/h5-7,17H,3-4H2,1-2H3,(H,16,18). The Kier molecular flexibility index (Phi) is 5.92. The molecule has 1 rings (SSSR count). The molecule has 0 heterocycles. The van der Waals surface area contributed by atoms with E-state index in [2.05, 4.69) is 4.84 Å². The number of benzene rings is 1. The van der Waals surface area contributed by atoms with Crippen LogP contribution in [0.1, 0.15) is 18.9 Å². The molecule has 124 valence electrons. The first-order chi connectivity index (χ1) is 10.1. The number of hydrogen-bond acceptors (Lipinski definition) is 4. The van der Waals surface area contributed by atoms with Crippen molar-refractivity contribution in [2.24, 2.45) is 0 Å². The Labute approximate surface area is 125 Å². The molecule has 10 heteroatoms. The fourth-order valence-corrected chi connectivity index (χ4v) is 2.51. The van der Waals surface area contributed by atoms with Crippen LogP contribution in [0.25, 0.3) is 0 Å². The molecule has 0 radical (unpaired) electrons. The van der Waals surface area contributed by atoms with Crippen LogP contribution in [0.15, 0.2) is 23.1 Å². The number of sulfonamides is 1. The van der Waals surface area contributed by atoms with Crippen molar-refractivity contribution in [3.63, 3.8) is 0 Å². The molecular formula is C12H15F3N2O4S. The van der Waals surface area contributed by atoms with Crippen molar-refractivity contribution in [3.8, 4) is 0 Å². The third-order valence-corrected chi connectivity index (χ3v) is 3.87. The van der Waals surface area contributed by atoms with Crippen LogP contribution < -0.4 is 10.2 Å². The van der Waals surface area contributed by atoms with Gasteiger partial charge in [0.2, 0.25) is 0 Å². The summed E-state index contributed by atoms with van der Waals surface area (Å²) >= 11 is 0. The van der Waals surface area contributed by atoms with Crippen LogP contribution in [0.3, 0.4) is 0 Å². The lowest BCUT2D eigenvalue weighted by molar-refractivity contribution is -0.167. The molecule has 0 aromatic heterocycles. The minimum absolute atomic E-state index is 0.205. The summed E-state index contributed by atoms with van der Waals surface area (Å²) in [7, 11) is -2.96. The van der Waals surface area contributed by atoms with Crippen molar-refractivity contribution in [2.75, 3.05) is 12.4 Å². The Balaban J connectivity index is 3.24. The summed E-state index contributed by atoms with van der Waals surface area (Å²) in [5.74, 6) is -2.17. The third-order valence-electron chi connectivity index (χ3n) is 2.61. The maximum absolute atomic E-state index is 12.3. The number of alkyl halides is 3. The van der Waals surface area contributed by atoms with Crippen molar-refractivity contribution in [1.82, 2.24) is 4.89 Å². The topological polar surface area (TPSA) is 84.5 Å². The molecule has 0 aliphatic rings. The van der Waals surface area contributed by atoms with Crippen molar-refractivity contribution in [2.45, 2.75) is 30.8 Å². The molecule has 0 saturated carbocycles. The van der Waals surface area contributed by atoms with E-state index in [1.807, 2.05) is 0 Å². The van der Waals surface area contributed by atoms with Gasteiger partial charge in [0.15, 0.2) is 0 Å². The maximum Gasteiger partial charge on any atom is 0.471 e. The van der Waals surface area contributed by atoms with Gasteiger partial charge in [0.1, 0.15) is 0 Å². The van der Waals surface area contributed by atoms with Gasteiger partial charge in [-0.15, -0.1) is 0 Å². The molecule has 0 fully saturated rings. The second-order valence-electron chi connectivity index (χ2n) is 4.31. The quantitative estimate of drug-likeness (QED) is 0.776. The van der Waals surface area contributed by atoms with E-state index in [9.17, 15) is 26.4 Å². The molecular weight excluding hydrogens is 325 g/mol. The minimum atomic E-state index is -5.07. The van der Waals surface area contributed by atoms with E-state index in [0.29, 0.717) is 18.4 Å². The van der Waals surface area contributed by atoms with Crippen molar-refractivity contribution in [1.29, 1.82) is 0 Å². The van der Waals surface area contributed by atoms with Gasteiger partial charge in [-0.05, 0) is 24.1 Å². The van der Waals surface area contributed by atoms with E-state index in [4.69, 9.17) is 0 Å². The highest BCUT2D eigenvalue weighted by Gasteiger charge is 2.39. The molecule has 22 heavy (non-hydrogen) atoms. The molecule has 1 amide bonds. The Morgan fingerprint density at radius 2 is 1.95 bits per heavy atom. The van der Waals surface area contributed by atoms with Gasteiger partial charge in [0.25, 0.3) is 10.0 Å². The highest BCUT2D eigenvalue weighted by Crippen LogP contribution is 2.25. The first kappa shape index (κ1) is 18.4. The molecule has 0 unspecified atom stereocenters. The zero-order valence-corrected chi connectivity index (χ0v) is 12.6. The third kappa shape index (κ3) is 4.68. The van der Waals surface area contributed by atoms with Gasteiger partial charge >= 0.3 is 12.1 Å². The Hall–Kier alpha value is -1.65. The number of halogens is 3. The number of amides is 1. The van der Waals surface area contributed by atoms with Gasteiger partial charge in [0, 0.05) is 5.69 Å². The van der Waals surface area contributed by atoms with Gasteiger partial charge < -0.3 is 5.32 Å². The predicted octanol–water partition coefficient (Wildman–Crippen LogP) is 1.98. The number of carbonyl (C=O) groups is 1. The second kappa shape index (κ2) is 7.07. The van der Waals surface area contributed by atoms with Crippen LogP contribution in [-0.2, 0) is 26.1 Å². The summed E-state index contributed by atoms with van der Waals surface area (Å²) in [5.41, 5.74) is 0.194. The smallest absolute Gasteiger partial charge is 0.318 e. The van der Waals surface area contributed by atoms with Crippen LogP contribution in [0.5, 0.6) is 0 Å². The fraction of sp³-hybridized carbons (Fsp3) is 0.417. The lowest BCUT2D eigenvalue weighted by Gasteiger charge is -2.14. The van der Waals surface area contributed by atoms with E-state index >= 15 is 0 Å². The molecule has 1 aromatic carbocycles. The molecule has 0 spiro atoms. The number of anilines is 1. The zero-order valence-electron chi connectivity index (χ0n) is 11.8. The molecule has 2 N–H and O–H groups in total. The minimum Gasteiger partial charge on any atom is -0.318 e. The van der Waals surface area contributed by atoms with E-state index in [1.54, 1.807) is 17.1 Å². The van der Waals surface area contributed by atoms with Crippen LogP contribution in [0, 0.1) is 0 Å². The molecule has 0 aliphatic heterocycles. The highest BCUT2D eigenvalue weighted by molar-refractivity contribution is 7.89. The Morgan fingerprint density at radius 1 is 1.32 bits per heavy atom. The highest BCUT2D eigenvalue weighted by atomic mass is 32.2. The number of carbonyl (C=O) groups excluding carboxylic acids is 1. The van der Waals surface area contributed by atoms with E-state index in [-0.39, 0.29) is 10.6 Å². The van der Waals surface area contributed by atoms with Gasteiger partial charge in [-0.3, -0.25) is 9.63 Å². The summed E-state index contributed by atoms with van der Waals surface area (Å²) in [4.78, 5) is 16.8. The van der Waals surface area contributed by atoms with Crippen molar-refractivity contribution >= 4 is 21.6 Å². The lowest BCUT2D eigenvalue weighted by Crippen LogP contribution is -2.30. The van der Waals surface area contributed by atoms with Gasteiger partial charge in [-0.1, -0.05) is 24.3 Å². The summed E-state index contributed by atoms with van der Waals surface area (Å²) in [6.45, 7) is 1.80. The Morgan fingerprint density at radius 3 is 2.45 bits per heavy atom. The second-order valence-corrected chi connectivity index (χ2v) is 5.96. The van der Waals surface area contributed by atoms with Crippen LogP contribution in [0.2, 0.25) is 0 Å². The maximum atomic E-state index is 12.3. The largest absolute Gasteiger partial charge is 0.471 e. The predicted molar refractivity (Wildman–Crippen MR) is 72.5 cm³/mol. The zero-order chi connectivity index (χ0) is 17.0. The van der Waals surface area contributed by atoms with Crippen LogP contribution >= 0.6 is 0 Å². The normalized spacial score (nSPS) is 12.2. The van der Waals surface area contributed by atoms with E-state index < -0.39 is 22.1 Å². The monoisotopic (exact) mass is 340 g/mol. The SMILES string of the molecule is CCCc1ccc(S(=O)(=O)NOC)cc1NC(=O)C(F)(F)F. The molecule has 0 atom stereocenters. The molecule has 1 aromatic rings. The lowest BCUT2D eigenvalue weighted by atomic mass is 10.1. The fourth-order valence-electron chi connectivity index (χ4n) is 1.68. The number of rotatable bonds is 6. The first-order valence-electron chi connectivity index (χ1n) is 6.17. The average Bonchev–Trinajstić information content (AvgIpc) is 2.39. The Bertz CT molecular complexity index is 644. The molecule has 0 bridgehead atoms. The van der Waals surface area contributed by atoms with Gasteiger partial charge in [-0.25, -0.2) is 8.42 Å². The summed E-state index contributed by atoms with van der Waals surface area (Å²) in [6.07, 6.45) is -4.08. The summed E-state index contributed by atoms with van der Waals surface area (Å²) < 4.78 is 60.6. The average molecular weight is 340 g/mol. The first-order valence-corrected chi connectivity index (χ1v) is 7.66. The summed E-state index contributed by atoms with van der Waals surface area (Å²) in [6, 6.07) is 3.52. The number of aryl methyl sites for hydroxylation is 1. The number of nitrogens with one attached hydrogen (secondary N) is 2. The number of hydrogen-bond donors (Lipinski definition) is 2. The van der Waals surface area contributed by atoms with Gasteiger partial charge in [0.05, 0.1) is 12.0 Å².